The molecule has 0 amide bonds. The van der Waals surface area contributed by atoms with Gasteiger partial charge in [-0.3, -0.25) is 0 Å². The lowest BCUT2D eigenvalue weighted by atomic mass is 9.91. The van der Waals surface area contributed by atoms with E-state index in [4.69, 9.17) is 6.57 Å². The average molecular weight is 955 g/mol. The molecule has 0 spiro atoms. The molecule has 342 valence electrons. The number of hydrogen-bond donors (Lipinski definition) is 0. The molecule has 0 N–H and O–H groups in total. The summed E-state index contributed by atoms with van der Waals surface area (Å²) in [7, 11) is -3.48. The van der Waals surface area contributed by atoms with Gasteiger partial charge in [0.15, 0.2) is 5.69 Å². The molecular weight excluding hydrogens is 909 g/mol. The van der Waals surface area contributed by atoms with Crippen LogP contribution in [0.1, 0.15) is 5.56 Å². The van der Waals surface area contributed by atoms with Crippen LogP contribution >= 0.6 is 0 Å². The van der Waals surface area contributed by atoms with Crippen molar-refractivity contribution in [3.63, 3.8) is 0 Å². The quantitative estimate of drug-likeness (QED) is 0.0593. The average Bonchev–Trinajstić information content (AvgIpc) is 3.35. The molecule has 10 aromatic rings. The number of nitrogens with zero attached hydrogens (tertiary/aromatic N) is 4. The topological polar surface area (TPSA) is 34.6 Å². The predicted octanol–water partition coefficient (Wildman–Crippen LogP) is 16.9. The number of nitriles is 1. The van der Waals surface area contributed by atoms with Crippen molar-refractivity contribution in [3.05, 3.63) is 210 Å². The standard InChI is InChI=1S/C60H46F4N4Si2/c1-66-42-18-12-39(13-19-42)50-33-58(54(64)35-52(50)62)68(44-22-26-46(27-23-44)70(5,6)7)56-31-17-41-14-28-47-55(30-16-40-15-29-48(56)60(41)59(40)47)67(43-20-24-45(25-21-43)69(2,3)4)57-32-49(51(61)34-53(57)63)38-10-8-37(36-65)9-11-38/h8-35H,2-7H3. The minimum atomic E-state index is -1.74. The Bertz CT molecular complexity index is 3490. The number of halogens is 4. The van der Waals surface area contributed by atoms with Crippen LogP contribution in [0.15, 0.2) is 170 Å². The van der Waals surface area contributed by atoms with Gasteiger partial charge in [-0.2, -0.15) is 5.26 Å². The van der Waals surface area contributed by atoms with E-state index in [0.717, 1.165) is 44.5 Å². The Balaban J connectivity index is 1.22. The molecule has 70 heavy (non-hydrogen) atoms. The summed E-state index contributed by atoms with van der Waals surface area (Å²) in [4.78, 5) is 7.18. The van der Waals surface area contributed by atoms with E-state index in [-0.39, 0.29) is 22.5 Å². The lowest BCUT2D eigenvalue weighted by Crippen LogP contribution is -2.37. The maximum Gasteiger partial charge on any atom is 0.187 e. The van der Waals surface area contributed by atoms with Gasteiger partial charge in [0.05, 0.1) is 57.1 Å². The summed E-state index contributed by atoms with van der Waals surface area (Å²) in [5, 5.41) is 17.1. The highest BCUT2D eigenvalue weighted by atomic mass is 28.3. The van der Waals surface area contributed by atoms with Crippen LogP contribution in [0.4, 0.5) is 57.4 Å². The molecule has 0 radical (unpaired) electrons. The predicted molar refractivity (Wildman–Crippen MR) is 287 cm³/mol. The summed E-state index contributed by atoms with van der Waals surface area (Å²) in [5.41, 5.74) is 5.14. The van der Waals surface area contributed by atoms with Crippen molar-refractivity contribution >= 4 is 98.7 Å². The minimum absolute atomic E-state index is 0.136. The van der Waals surface area contributed by atoms with Crippen LogP contribution in [-0.4, -0.2) is 16.1 Å². The molecule has 0 saturated carbocycles. The molecule has 10 heteroatoms. The first kappa shape index (κ1) is 45.7. The van der Waals surface area contributed by atoms with Crippen molar-refractivity contribution in [2.24, 2.45) is 0 Å². The molecule has 0 fully saturated rings. The van der Waals surface area contributed by atoms with E-state index in [1.54, 1.807) is 48.5 Å². The fourth-order valence-electron chi connectivity index (χ4n) is 9.50. The van der Waals surface area contributed by atoms with Crippen molar-refractivity contribution in [2.45, 2.75) is 39.3 Å². The molecule has 0 aliphatic heterocycles. The third-order valence-electron chi connectivity index (χ3n) is 13.3. The zero-order valence-electron chi connectivity index (χ0n) is 39.5. The first-order valence-corrected chi connectivity index (χ1v) is 30.0. The zero-order chi connectivity index (χ0) is 49.2. The molecule has 0 saturated heterocycles. The van der Waals surface area contributed by atoms with E-state index < -0.39 is 39.4 Å². The van der Waals surface area contributed by atoms with E-state index in [0.29, 0.717) is 45.1 Å². The Labute approximate surface area is 407 Å². The van der Waals surface area contributed by atoms with Crippen LogP contribution in [0.25, 0.3) is 59.4 Å². The second-order valence-electron chi connectivity index (χ2n) is 19.8. The number of hydrogen-bond acceptors (Lipinski definition) is 3. The van der Waals surface area contributed by atoms with Crippen molar-refractivity contribution in [2.75, 3.05) is 9.80 Å². The van der Waals surface area contributed by atoms with E-state index in [9.17, 15) is 5.26 Å². The van der Waals surface area contributed by atoms with Gasteiger partial charge in [-0.15, -0.1) is 0 Å². The molecule has 0 aromatic heterocycles. The Hall–Kier alpha value is -8.03. The molecule has 10 rings (SSSR count). The van der Waals surface area contributed by atoms with Gasteiger partial charge < -0.3 is 9.80 Å². The van der Waals surface area contributed by atoms with Crippen molar-refractivity contribution in [1.82, 2.24) is 0 Å². The van der Waals surface area contributed by atoms with E-state index in [2.05, 4.69) is 74.5 Å². The van der Waals surface area contributed by atoms with Crippen molar-refractivity contribution in [1.29, 1.82) is 5.26 Å². The van der Waals surface area contributed by atoms with Gasteiger partial charge in [-0.1, -0.05) is 147 Å². The van der Waals surface area contributed by atoms with Gasteiger partial charge in [0.2, 0.25) is 0 Å². The molecule has 0 bridgehead atoms. The molecule has 10 aromatic carbocycles. The monoisotopic (exact) mass is 954 g/mol. The summed E-state index contributed by atoms with van der Waals surface area (Å²) in [6.07, 6.45) is 0. The fraction of sp³-hybridized carbons (Fsp3) is 0.100. The van der Waals surface area contributed by atoms with Gasteiger partial charge in [0.1, 0.15) is 23.3 Å². The summed E-state index contributed by atoms with van der Waals surface area (Å²) in [6.45, 7) is 21.0. The molecule has 0 aliphatic carbocycles. The molecule has 0 heterocycles. The Morgan fingerprint density at radius 3 is 1.20 bits per heavy atom. The largest absolute Gasteiger partial charge is 0.307 e. The van der Waals surface area contributed by atoms with Gasteiger partial charge in [-0.05, 0) is 93.3 Å². The molecule has 0 atom stereocenters. The fourth-order valence-corrected chi connectivity index (χ4v) is 11.8. The van der Waals surface area contributed by atoms with Crippen molar-refractivity contribution in [3.8, 4) is 28.3 Å². The zero-order valence-corrected chi connectivity index (χ0v) is 41.5. The molecular formula is C60H46F4N4Si2. The van der Waals surface area contributed by atoms with Gasteiger partial charge in [0, 0.05) is 45.4 Å². The smallest absolute Gasteiger partial charge is 0.187 e. The second kappa shape index (κ2) is 17.5. The second-order valence-corrected chi connectivity index (χ2v) is 29.9. The first-order valence-electron chi connectivity index (χ1n) is 23.0. The van der Waals surface area contributed by atoms with Gasteiger partial charge in [0.25, 0.3) is 0 Å². The Morgan fingerprint density at radius 2 is 0.829 bits per heavy atom. The third-order valence-corrected chi connectivity index (χ3v) is 17.4. The van der Waals surface area contributed by atoms with E-state index in [1.165, 1.54) is 22.5 Å². The van der Waals surface area contributed by atoms with Crippen molar-refractivity contribution < 1.29 is 17.6 Å². The summed E-state index contributed by atoms with van der Waals surface area (Å²) >= 11 is 0. The van der Waals surface area contributed by atoms with E-state index >= 15 is 17.6 Å². The highest BCUT2D eigenvalue weighted by molar-refractivity contribution is 6.89. The maximum absolute atomic E-state index is 16.7. The van der Waals surface area contributed by atoms with Gasteiger partial charge in [-0.25, -0.2) is 22.4 Å². The third kappa shape index (κ3) is 8.15. The van der Waals surface area contributed by atoms with Crippen LogP contribution in [-0.2, 0) is 0 Å². The minimum Gasteiger partial charge on any atom is -0.307 e. The number of anilines is 6. The summed E-state index contributed by atoms with van der Waals surface area (Å²) < 4.78 is 65.3. The summed E-state index contributed by atoms with van der Waals surface area (Å²) in [5.74, 6) is -2.96. The lowest BCUT2D eigenvalue weighted by molar-refractivity contribution is 0.586. The summed E-state index contributed by atoms with van der Waals surface area (Å²) in [6, 6.07) is 52.5. The molecule has 4 nitrogen and oxygen atoms in total. The lowest BCUT2D eigenvalue weighted by Gasteiger charge is -2.30. The highest BCUT2D eigenvalue weighted by Crippen LogP contribution is 2.49. The maximum atomic E-state index is 16.7. The van der Waals surface area contributed by atoms with Crippen LogP contribution in [0.2, 0.25) is 39.3 Å². The molecule has 0 unspecified atom stereocenters. The Kier molecular flexibility index (Phi) is 11.4. The normalized spacial score (nSPS) is 11.8. The van der Waals surface area contributed by atoms with Gasteiger partial charge >= 0.3 is 0 Å². The van der Waals surface area contributed by atoms with Crippen LogP contribution in [0, 0.1) is 41.2 Å². The van der Waals surface area contributed by atoms with Crippen LogP contribution < -0.4 is 20.2 Å². The molecule has 0 aliphatic rings. The highest BCUT2D eigenvalue weighted by Gasteiger charge is 2.27. The SMILES string of the molecule is [C-]#[N+]c1ccc(-c2cc(N(c3ccc([Si](C)(C)C)cc3)c3ccc4ccc5c(N(c6ccc([Si](C)(C)C)cc6)c6cc(-c7ccc(C#N)cc7)c(F)cc6F)ccc6ccc3c4c65)c(F)cc2F)cc1. The van der Waals surface area contributed by atoms with E-state index in [1.807, 2.05) is 82.6 Å². The van der Waals surface area contributed by atoms with Crippen LogP contribution in [0.3, 0.4) is 0 Å². The van der Waals surface area contributed by atoms with Crippen LogP contribution in [0.5, 0.6) is 0 Å². The number of benzene rings is 10. The number of rotatable bonds is 10. The Morgan fingerprint density at radius 1 is 0.443 bits per heavy atom. The first-order chi connectivity index (χ1) is 33.5.